The molecule has 0 amide bonds. The molecule has 0 fully saturated rings. The third-order valence-electron chi connectivity index (χ3n) is 4.17. The van der Waals surface area contributed by atoms with Gasteiger partial charge in [0, 0.05) is 22.7 Å². The van der Waals surface area contributed by atoms with Crippen molar-refractivity contribution in [1.82, 2.24) is 9.97 Å². The molecular formula is C18H21FN2. The van der Waals surface area contributed by atoms with Crippen LogP contribution in [0.15, 0.2) is 24.3 Å². The molecule has 1 aliphatic rings. The first kappa shape index (κ1) is 14.2. The average Bonchev–Trinajstić information content (AvgIpc) is 2.46. The number of halogens is 1. The predicted octanol–water partition coefficient (Wildman–Crippen LogP) is 4.53. The number of hydrogen-bond donors (Lipinski definition) is 0. The Labute approximate surface area is 125 Å². The summed E-state index contributed by atoms with van der Waals surface area (Å²) in [4.78, 5) is 9.56. The van der Waals surface area contributed by atoms with E-state index < -0.39 is 0 Å². The third kappa shape index (κ3) is 2.82. The summed E-state index contributed by atoms with van der Waals surface area (Å²) in [6.07, 6.45) is 3.21. The van der Waals surface area contributed by atoms with Crippen molar-refractivity contribution in [3.05, 3.63) is 47.2 Å². The molecule has 21 heavy (non-hydrogen) atoms. The van der Waals surface area contributed by atoms with Gasteiger partial charge in [0.25, 0.3) is 0 Å². The van der Waals surface area contributed by atoms with E-state index in [4.69, 9.17) is 9.97 Å². The molecule has 1 atom stereocenters. The molecule has 0 bridgehead atoms. The monoisotopic (exact) mass is 284 g/mol. The molecule has 0 radical (unpaired) electrons. The molecule has 0 N–H and O–H groups in total. The summed E-state index contributed by atoms with van der Waals surface area (Å²) in [5, 5.41) is 0. The first-order valence-electron chi connectivity index (χ1n) is 7.70. The van der Waals surface area contributed by atoms with E-state index >= 15 is 0 Å². The lowest BCUT2D eigenvalue weighted by Gasteiger charge is -2.24. The lowest BCUT2D eigenvalue weighted by molar-refractivity contribution is 0.488. The van der Waals surface area contributed by atoms with Gasteiger partial charge in [-0.1, -0.05) is 20.8 Å². The maximum absolute atomic E-state index is 13.2. The Kier molecular flexibility index (Phi) is 3.75. The van der Waals surface area contributed by atoms with Gasteiger partial charge < -0.3 is 0 Å². The molecule has 0 aliphatic heterocycles. The van der Waals surface area contributed by atoms with E-state index in [1.54, 1.807) is 0 Å². The van der Waals surface area contributed by atoms with Gasteiger partial charge in [0.05, 0.1) is 5.69 Å². The minimum absolute atomic E-state index is 0.209. The van der Waals surface area contributed by atoms with Crippen LogP contribution in [0, 0.1) is 11.7 Å². The SMILES string of the molecule is CC1CCc2c(nc(C(C)C)nc2-c2ccc(F)cc2)C1. The molecule has 1 aromatic heterocycles. The first-order chi connectivity index (χ1) is 10.0. The molecule has 0 saturated carbocycles. The topological polar surface area (TPSA) is 25.8 Å². The van der Waals surface area contributed by atoms with E-state index in [1.807, 2.05) is 12.1 Å². The van der Waals surface area contributed by atoms with Crippen molar-refractivity contribution in [3.8, 4) is 11.3 Å². The molecule has 3 rings (SSSR count). The van der Waals surface area contributed by atoms with Crippen LogP contribution in [0.4, 0.5) is 4.39 Å². The summed E-state index contributed by atoms with van der Waals surface area (Å²) in [6, 6.07) is 6.65. The number of aromatic nitrogens is 2. The zero-order chi connectivity index (χ0) is 15.0. The second-order valence-electron chi connectivity index (χ2n) is 6.37. The summed E-state index contributed by atoms with van der Waals surface area (Å²) in [6.45, 7) is 6.50. The summed E-state index contributed by atoms with van der Waals surface area (Å²) in [7, 11) is 0. The van der Waals surface area contributed by atoms with Crippen LogP contribution in [0.5, 0.6) is 0 Å². The van der Waals surface area contributed by atoms with Crippen molar-refractivity contribution >= 4 is 0 Å². The summed E-state index contributed by atoms with van der Waals surface area (Å²) >= 11 is 0. The largest absolute Gasteiger partial charge is 0.237 e. The Morgan fingerprint density at radius 2 is 1.86 bits per heavy atom. The smallest absolute Gasteiger partial charge is 0.131 e. The zero-order valence-electron chi connectivity index (χ0n) is 12.9. The molecule has 2 aromatic rings. The van der Waals surface area contributed by atoms with Crippen molar-refractivity contribution < 1.29 is 4.39 Å². The standard InChI is InChI=1S/C18H21FN2/c1-11(2)18-20-16-10-12(3)4-9-15(16)17(21-18)13-5-7-14(19)8-6-13/h5-8,11-12H,4,9-10H2,1-3H3. The Morgan fingerprint density at radius 3 is 2.52 bits per heavy atom. The average molecular weight is 284 g/mol. The zero-order valence-corrected chi connectivity index (χ0v) is 12.9. The fourth-order valence-electron chi connectivity index (χ4n) is 2.91. The highest BCUT2D eigenvalue weighted by Crippen LogP contribution is 2.32. The number of rotatable bonds is 2. The Balaban J connectivity index is 2.16. The van der Waals surface area contributed by atoms with Crippen LogP contribution < -0.4 is 0 Å². The van der Waals surface area contributed by atoms with Crippen molar-refractivity contribution in [2.45, 2.75) is 46.0 Å². The fourth-order valence-corrected chi connectivity index (χ4v) is 2.91. The second-order valence-corrected chi connectivity index (χ2v) is 6.37. The molecule has 1 heterocycles. The van der Waals surface area contributed by atoms with E-state index in [0.717, 1.165) is 29.9 Å². The summed E-state index contributed by atoms with van der Waals surface area (Å²) in [5.41, 5.74) is 4.43. The maximum Gasteiger partial charge on any atom is 0.131 e. The predicted molar refractivity (Wildman–Crippen MR) is 82.7 cm³/mol. The summed E-state index contributed by atoms with van der Waals surface area (Å²) < 4.78 is 13.2. The van der Waals surface area contributed by atoms with Crippen molar-refractivity contribution in [1.29, 1.82) is 0 Å². The highest BCUT2D eigenvalue weighted by atomic mass is 19.1. The van der Waals surface area contributed by atoms with Gasteiger partial charge in [-0.2, -0.15) is 0 Å². The lowest BCUT2D eigenvalue weighted by atomic mass is 9.86. The van der Waals surface area contributed by atoms with E-state index in [9.17, 15) is 4.39 Å². The molecule has 0 saturated heterocycles. The number of nitrogens with zero attached hydrogens (tertiary/aromatic N) is 2. The van der Waals surface area contributed by atoms with Gasteiger partial charge in [-0.05, 0) is 49.4 Å². The van der Waals surface area contributed by atoms with Crippen LogP contribution >= 0.6 is 0 Å². The van der Waals surface area contributed by atoms with Crippen LogP contribution in [-0.4, -0.2) is 9.97 Å². The van der Waals surface area contributed by atoms with Gasteiger partial charge in [0.15, 0.2) is 0 Å². The molecule has 3 heteroatoms. The number of fused-ring (bicyclic) bond motifs is 1. The van der Waals surface area contributed by atoms with E-state index in [-0.39, 0.29) is 5.82 Å². The molecule has 1 unspecified atom stereocenters. The molecule has 2 nitrogen and oxygen atoms in total. The quantitative estimate of drug-likeness (QED) is 0.809. The highest BCUT2D eigenvalue weighted by Gasteiger charge is 2.23. The van der Waals surface area contributed by atoms with Crippen molar-refractivity contribution in [3.63, 3.8) is 0 Å². The van der Waals surface area contributed by atoms with E-state index in [0.29, 0.717) is 11.8 Å². The van der Waals surface area contributed by atoms with Gasteiger partial charge in [0.1, 0.15) is 11.6 Å². The van der Waals surface area contributed by atoms with E-state index in [2.05, 4.69) is 20.8 Å². The van der Waals surface area contributed by atoms with Crippen LogP contribution in [0.25, 0.3) is 11.3 Å². The number of benzene rings is 1. The fraction of sp³-hybridized carbons (Fsp3) is 0.444. The third-order valence-corrected chi connectivity index (χ3v) is 4.17. The molecule has 110 valence electrons. The molecule has 0 spiro atoms. The maximum atomic E-state index is 13.2. The minimum Gasteiger partial charge on any atom is -0.237 e. The second kappa shape index (κ2) is 5.55. The normalized spacial score (nSPS) is 17.9. The summed E-state index contributed by atoms with van der Waals surface area (Å²) in [5.74, 6) is 1.65. The number of hydrogen-bond acceptors (Lipinski definition) is 2. The van der Waals surface area contributed by atoms with Gasteiger partial charge in [-0.25, -0.2) is 14.4 Å². The van der Waals surface area contributed by atoms with Crippen molar-refractivity contribution in [2.75, 3.05) is 0 Å². The Bertz CT molecular complexity index is 647. The molecular weight excluding hydrogens is 263 g/mol. The van der Waals surface area contributed by atoms with Gasteiger partial charge in [-0.3, -0.25) is 0 Å². The van der Waals surface area contributed by atoms with Gasteiger partial charge >= 0.3 is 0 Å². The Hall–Kier alpha value is -1.77. The minimum atomic E-state index is -0.209. The lowest BCUT2D eigenvalue weighted by Crippen LogP contribution is -2.17. The van der Waals surface area contributed by atoms with E-state index in [1.165, 1.54) is 29.8 Å². The molecule has 1 aromatic carbocycles. The van der Waals surface area contributed by atoms with Crippen LogP contribution in [-0.2, 0) is 12.8 Å². The van der Waals surface area contributed by atoms with Crippen LogP contribution in [0.3, 0.4) is 0 Å². The van der Waals surface area contributed by atoms with Gasteiger partial charge in [0.2, 0.25) is 0 Å². The Morgan fingerprint density at radius 1 is 1.14 bits per heavy atom. The van der Waals surface area contributed by atoms with Gasteiger partial charge in [-0.15, -0.1) is 0 Å². The highest BCUT2D eigenvalue weighted by molar-refractivity contribution is 5.64. The molecule has 1 aliphatic carbocycles. The van der Waals surface area contributed by atoms with Crippen LogP contribution in [0.1, 0.15) is 50.2 Å². The van der Waals surface area contributed by atoms with Crippen LogP contribution in [0.2, 0.25) is 0 Å². The van der Waals surface area contributed by atoms with Crippen molar-refractivity contribution in [2.24, 2.45) is 5.92 Å². The first-order valence-corrected chi connectivity index (χ1v) is 7.70.